The van der Waals surface area contributed by atoms with Gasteiger partial charge >= 0.3 is 5.97 Å². The van der Waals surface area contributed by atoms with Crippen LogP contribution in [-0.2, 0) is 17.8 Å². The second-order valence-electron chi connectivity index (χ2n) is 4.73. The van der Waals surface area contributed by atoms with E-state index in [-0.39, 0.29) is 6.04 Å². The first-order valence-corrected chi connectivity index (χ1v) is 6.37. The highest BCUT2D eigenvalue weighted by Crippen LogP contribution is 2.23. The van der Waals surface area contributed by atoms with Crippen LogP contribution in [0, 0.1) is 0 Å². The zero-order valence-corrected chi connectivity index (χ0v) is 10.5. The van der Waals surface area contributed by atoms with Crippen LogP contribution in [0.2, 0.25) is 0 Å². The molecule has 0 aliphatic carbocycles. The molecule has 3 heteroatoms. The summed E-state index contributed by atoms with van der Waals surface area (Å²) < 4.78 is 0. The largest absolute Gasteiger partial charge is 0.480 e. The van der Waals surface area contributed by atoms with Gasteiger partial charge in [-0.2, -0.15) is 0 Å². The minimum Gasteiger partial charge on any atom is -0.480 e. The fourth-order valence-corrected chi connectivity index (χ4v) is 2.49. The Bertz CT molecular complexity index is 442. The first-order valence-electron chi connectivity index (χ1n) is 6.37. The SMILES string of the molecule is C=CCCCN1Cc2ccccc2C[C@H]1C(=O)O. The molecule has 1 atom stereocenters. The monoisotopic (exact) mass is 245 g/mol. The molecule has 0 unspecified atom stereocenters. The summed E-state index contributed by atoms with van der Waals surface area (Å²) >= 11 is 0. The maximum Gasteiger partial charge on any atom is 0.321 e. The molecule has 0 bridgehead atoms. The zero-order chi connectivity index (χ0) is 13.0. The van der Waals surface area contributed by atoms with Gasteiger partial charge in [-0.1, -0.05) is 30.3 Å². The van der Waals surface area contributed by atoms with E-state index in [4.69, 9.17) is 0 Å². The molecule has 1 heterocycles. The first kappa shape index (κ1) is 12.8. The highest BCUT2D eigenvalue weighted by atomic mass is 16.4. The zero-order valence-electron chi connectivity index (χ0n) is 10.5. The van der Waals surface area contributed by atoms with Gasteiger partial charge in [0.25, 0.3) is 0 Å². The van der Waals surface area contributed by atoms with Gasteiger partial charge in [0.1, 0.15) is 6.04 Å². The van der Waals surface area contributed by atoms with Crippen LogP contribution in [0.1, 0.15) is 24.0 Å². The Kier molecular flexibility index (Phi) is 4.15. The molecule has 1 N–H and O–H groups in total. The van der Waals surface area contributed by atoms with E-state index in [0.29, 0.717) is 6.42 Å². The molecule has 0 saturated carbocycles. The molecule has 96 valence electrons. The molecule has 0 saturated heterocycles. The third-order valence-corrected chi connectivity index (χ3v) is 3.48. The summed E-state index contributed by atoms with van der Waals surface area (Å²) in [5.41, 5.74) is 2.43. The van der Waals surface area contributed by atoms with E-state index in [9.17, 15) is 9.90 Å². The predicted molar refractivity (Wildman–Crippen MR) is 71.4 cm³/mol. The lowest BCUT2D eigenvalue weighted by atomic mass is 9.94. The van der Waals surface area contributed by atoms with Crippen molar-refractivity contribution in [2.45, 2.75) is 31.8 Å². The van der Waals surface area contributed by atoms with Crippen LogP contribution in [0.25, 0.3) is 0 Å². The number of hydrogen-bond acceptors (Lipinski definition) is 2. The maximum absolute atomic E-state index is 11.3. The van der Waals surface area contributed by atoms with Gasteiger partial charge in [-0.25, -0.2) is 0 Å². The number of nitrogens with zero attached hydrogens (tertiary/aromatic N) is 1. The Morgan fingerprint density at radius 1 is 1.44 bits per heavy atom. The second kappa shape index (κ2) is 5.83. The lowest BCUT2D eigenvalue weighted by molar-refractivity contribution is -0.144. The summed E-state index contributed by atoms with van der Waals surface area (Å²) in [4.78, 5) is 13.4. The first-order chi connectivity index (χ1) is 8.72. The quantitative estimate of drug-likeness (QED) is 0.640. The molecular formula is C15H19NO2. The van der Waals surface area contributed by atoms with Crippen molar-refractivity contribution >= 4 is 5.97 Å². The second-order valence-corrected chi connectivity index (χ2v) is 4.73. The van der Waals surface area contributed by atoms with Crippen molar-refractivity contribution in [3.8, 4) is 0 Å². The topological polar surface area (TPSA) is 40.5 Å². The fourth-order valence-electron chi connectivity index (χ4n) is 2.49. The summed E-state index contributed by atoms with van der Waals surface area (Å²) in [5, 5.41) is 9.33. The van der Waals surface area contributed by atoms with Crippen molar-refractivity contribution in [3.05, 3.63) is 48.0 Å². The predicted octanol–water partition coefficient (Wildman–Crippen LogP) is 2.46. The highest BCUT2D eigenvalue weighted by Gasteiger charge is 2.30. The van der Waals surface area contributed by atoms with Gasteiger partial charge in [-0.05, 0) is 36.9 Å². The van der Waals surface area contributed by atoms with Crippen LogP contribution in [0.5, 0.6) is 0 Å². The number of aliphatic carboxylic acids is 1. The van der Waals surface area contributed by atoms with Crippen LogP contribution in [0.15, 0.2) is 36.9 Å². The van der Waals surface area contributed by atoms with E-state index in [1.807, 2.05) is 24.3 Å². The van der Waals surface area contributed by atoms with Crippen molar-refractivity contribution in [1.82, 2.24) is 4.90 Å². The fraction of sp³-hybridized carbons (Fsp3) is 0.400. The summed E-state index contributed by atoms with van der Waals surface area (Å²) in [6.07, 6.45) is 4.40. The van der Waals surface area contributed by atoms with Gasteiger partial charge in [0.05, 0.1) is 0 Å². The number of rotatable bonds is 5. The summed E-state index contributed by atoms with van der Waals surface area (Å²) in [7, 11) is 0. The normalized spacial score (nSPS) is 19.2. The van der Waals surface area contributed by atoms with Crippen molar-refractivity contribution in [3.63, 3.8) is 0 Å². The van der Waals surface area contributed by atoms with Crippen LogP contribution < -0.4 is 0 Å². The average molecular weight is 245 g/mol. The van der Waals surface area contributed by atoms with E-state index in [0.717, 1.165) is 25.9 Å². The molecule has 18 heavy (non-hydrogen) atoms. The van der Waals surface area contributed by atoms with Gasteiger partial charge in [0.15, 0.2) is 0 Å². The number of unbranched alkanes of at least 4 members (excludes halogenated alkanes) is 1. The molecule has 0 spiro atoms. The third-order valence-electron chi connectivity index (χ3n) is 3.48. The minimum absolute atomic E-state index is 0.385. The molecule has 3 nitrogen and oxygen atoms in total. The number of carboxylic acids is 1. The van der Waals surface area contributed by atoms with Crippen LogP contribution in [-0.4, -0.2) is 28.6 Å². The lowest BCUT2D eigenvalue weighted by Crippen LogP contribution is -2.45. The lowest BCUT2D eigenvalue weighted by Gasteiger charge is -2.34. The number of benzene rings is 1. The number of carbonyl (C=O) groups is 1. The van der Waals surface area contributed by atoms with Gasteiger partial charge < -0.3 is 5.11 Å². The van der Waals surface area contributed by atoms with Gasteiger partial charge in [-0.15, -0.1) is 6.58 Å². The smallest absolute Gasteiger partial charge is 0.321 e. The maximum atomic E-state index is 11.3. The Balaban J connectivity index is 2.12. The average Bonchev–Trinajstić information content (AvgIpc) is 2.38. The summed E-state index contributed by atoms with van der Waals surface area (Å²) in [6, 6.07) is 7.73. The van der Waals surface area contributed by atoms with E-state index >= 15 is 0 Å². The van der Waals surface area contributed by atoms with E-state index in [1.54, 1.807) is 0 Å². The summed E-state index contributed by atoms with van der Waals surface area (Å²) in [5.74, 6) is -0.719. The number of allylic oxidation sites excluding steroid dienone is 1. The van der Waals surface area contributed by atoms with E-state index in [2.05, 4.69) is 17.5 Å². The highest BCUT2D eigenvalue weighted by molar-refractivity contribution is 5.74. The van der Waals surface area contributed by atoms with Crippen molar-refractivity contribution < 1.29 is 9.90 Å². The van der Waals surface area contributed by atoms with Gasteiger partial charge in [0.2, 0.25) is 0 Å². The third kappa shape index (κ3) is 2.79. The molecule has 1 aliphatic rings. The molecule has 0 radical (unpaired) electrons. The molecule has 0 fully saturated rings. The molecule has 0 amide bonds. The number of carboxylic acid groups (broad SMARTS) is 1. The molecule has 1 aromatic rings. The van der Waals surface area contributed by atoms with Crippen LogP contribution in [0.4, 0.5) is 0 Å². The van der Waals surface area contributed by atoms with Gasteiger partial charge in [0, 0.05) is 6.54 Å². The Morgan fingerprint density at radius 3 is 2.83 bits per heavy atom. The molecule has 2 rings (SSSR count). The van der Waals surface area contributed by atoms with Gasteiger partial charge in [-0.3, -0.25) is 9.69 Å². The van der Waals surface area contributed by atoms with Crippen molar-refractivity contribution in [2.75, 3.05) is 6.54 Å². The number of fused-ring (bicyclic) bond motifs is 1. The molecule has 1 aromatic carbocycles. The molecular weight excluding hydrogens is 226 g/mol. The summed E-state index contributed by atoms with van der Waals surface area (Å²) in [6.45, 7) is 5.26. The Morgan fingerprint density at radius 2 is 2.17 bits per heavy atom. The Labute approximate surface area is 108 Å². The molecule has 0 aromatic heterocycles. The molecule has 1 aliphatic heterocycles. The minimum atomic E-state index is -0.719. The number of hydrogen-bond donors (Lipinski definition) is 1. The van der Waals surface area contributed by atoms with Crippen LogP contribution >= 0.6 is 0 Å². The standard InChI is InChI=1S/C15H19NO2/c1-2-3-6-9-16-11-13-8-5-4-7-12(13)10-14(16)15(17)18/h2,4-5,7-8,14H,1,3,6,9-11H2,(H,17,18)/t14-/m0/s1. The van der Waals surface area contributed by atoms with Crippen molar-refractivity contribution in [1.29, 1.82) is 0 Å². The van der Waals surface area contributed by atoms with Crippen LogP contribution in [0.3, 0.4) is 0 Å². The van der Waals surface area contributed by atoms with E-state index < -0.39 is 5.97 Å². The van der Waals surface area contributed by atoms with E-state index in [1.165, 1.54) is 11.1 Å². The van der Waals surface area contributed by atoms with Crippen molar-refractivity contribution in [2.24, 2.45) is 0 Å². The Hall–Kier alpha value is -1.61.